The van der Waals surface area contributed by atoms with Gasteiger partial charge >= 0.3 is 0 Å². The number of fused-ring (bicyclic) bond motifs is 11. The lowest BCUT2D eigenvalue weighted by atomic mass is 9.98. The first-order valence-corrected chi connectivity index (χ1v) is 19.6. The minimum Gasteiger partial charge on any atom is -0.307 e. The third-order valence-electron chi connectivity index (χ3n) is 11.5. The van der Waals surface area contributed by atoms with Crippen LogP contribution in [0.1, 0.15) is 0 Å². The molecule has 12 rings (SSSR count). The van der Waals surface area contributed by atoms with Crippen molar-refractivity contribution >= 4 is 65.2 Å². The standard InChI is InChI=1S/C53H33N5/c1-4-18-34(19-5-1)51-54-52(35-20-6-2-7-21-35)56-53(55-51)41-32-33-46(38-25-11-10-24-37(38)41)58-45-31-17-15-29-43(45)48-40-27-13-12-26-39(40)47-42-28-14-16-30-44(42)57(49(47)50(48)58)36-22-8-3-9-23-36/h1-33H. The summed E-state index contributed by atoms with van der Waals surface area (Å²) in [6, 6.07) is 70.8. The van der Waals surface area contributed by atoms with Crippen LogP contribution in [0.15, 0.2) is 200 Å². The van der Waals surface area contributed by atoms with Crippen molar-refractivity contribution in [2.45, 2.75) is 0 Å². The van der Waals surface area contributed by atoms with Crippen LogP contribution < -0.4 is 0 Å². The van der Waals surface area contributed by atoms with E-state index in [2.05, 4.69) is 173 Å². The van der Waals surface area contributed by atoms with E-state index < -0.39 is 0 Å². The number of hydrogen-bond acceptors (Lipinski definition) is 3. The van der Waals surface area contributed by atoms with Crippen LogP contribution in [0.4, 0.5) is 0 Å². The summed E-state index contributed by atoms with van der Waals surface area (Å²) in [6.07, 6.45) is 0. The van der Waals surface area contributed by atoms with E-state index in [0.717, 1.165) is 44.4 Å². The molecule has 0 atom stereocenters. The SMILES string of the molecule is c1ccc(-c2nc(-c3ccccc3)nc(-c3ccc(-n4c5ccccc5c5c6ccccc6c6c7ccccc7n(-c7ccccc7)c6c54)c4ccccc34)n2)cc1. The molecule has 0 aliphatic carbocycles. The van der Waals surface area contributed by atoms with Crippen LogP contribution in [0.2, 0.25) is 0 Å². The molecular weight excluding hydrogens is 707 g/mol. The predicted molar refractivity (Wildman–Crippen MR) is 240 cm³/mol. The summed E-state index contributed by atoms with van der Waals surface area (Å²) in [7, 11) is 0. The fourth-order valence-electron chi connectivity index (χ4n) is 9.09. The maximum absolute atomic E-state index is 5.15. The Balaban J connectivity index is 1.22. The average Bonchev–Trinajstić information content (AvgIpc) is 3.83. The Morgan fingerprint density at radius 3 is 1.28 bits per heavy atom. The minimum absolute atomic E-state index is 0.635. The third-order valence-corrected chi connectivity index (χ3v) is 11.5. The van der Waals surface area contributed by atoms with Crippen LogP contribution in [-0.2, 0) is 0 Å². The van der Waals surface area contributed by atoms with Crippen molar-refractivity contribution in [1.82, 2.24) is 24.1 Å². The second-order valence-electron chi connectivity index (χ2n) is 14.7. The summed E-state index contributed by atoms with van der Waals surface area (Å²) < 4.78 is 4.97. The Hall–Kier alpha value is -7.89. The number of hydrogen-bond donors (Lipinski definition) is 0. The Kier molecular flexibility index (Phi) is 7.16. The van der Waals surface area contributed by atoms with Gasteiger partial charge in [-0.25, -0.2) is 15.0 Å². The summed E-state index contributed by atoms with van der Waals surface area (Å²) >= 11 is 0. The zero-order valence-corrected chi connectivity index (χ0v) is 31.3. The highest BCUT2D eigenvalue weighted by molar-refractivity contribution is 6.36. The normalized spacial score (nSPS) is 11.8. The van der Waals surface area contributed by atoms with Crippen molar-refractivity contribution < 1.29 is 0 Å². The summed E-state index contributed by atoms with van der Waals surface area (Å²) in [5.41, 5.74) is 9.74. The highest BCUT2D eigenvalue weighted by Crippen LogP contribution is 2.47. The van der Waals surface area contributed by atoms with Gasteiger partial charge in [0, 0.05) is 49.3 Å². The largest absolute Gasteiger partial charge is 0.307 e. The van der Waals surface area contributed by atoms with Gasteiger partial charge in [-0.3, -0.25) is 0 Å². The third kappa shape index (κ3) is 4.80. The smallest absolute Gasteiger partial charge is 0.164 e. The van der Waals surface area contributed by atoms with Crippen LogP contribution in [-0.4, -0.2) is 24.1 Å². The molecule has 0 aliphatic rings. The van der Waals surface area contributed by atoms with Gasteiger partial charge in [0.15, 0.2) is 17.5 Å². The molecule has 0 unspecified atom stereocenters. The van der Waals surface area contributed by atoms with Gasteiger partial charge in [0.2, 0.25) is 0 Å². The van der Waals surface area contributed by atoms with E-state index in [0.29, 0.717) is 17.5 Å². The first-order chi connectivity index (χ1) is 28.8. The molecule has 270 valence electrons. The quantitative estimate of drug-likeness (QED) is 0.177. The molecule has 0 saturated carbocycles. The van der Waals surface area contributed by atoms with Gasteiger partial charge < -0.3 is 9.13 Å². The average molecular weight is 740 g/mol. The fourth-order valence-corrected chi connectivity index (χ4v) is 9.09. The molecule has 0 saturated heterocycles. The van der Waals surface area contributed by atoms with Crippen LogP contribution in [0, 0.1) is 0 Å². The van der Waals surface area contributed by atoms with Gasteiger partial charge in [0.05, 0.1) is 27.8 Å². The highest BCUT2D eigenvalue weighted by Gasteiger charge is 2.25. The zero-order chi connectivity index (χ0) is 38.2. The van der Waals surface area contributed by atoms with Crippen molar-refractivity contribution in [3.8, 4) is 45.5 Å². The Morgan fingerprint density at radius 2 is 0.707 bits per heavy atom. The van der Waals surface area contributed by atoms with E-state index in [4.69, 9.17) is 15.0 Å². The molecule has 0 N–H and O–H groups in total. The van der Waals surface area contributed by atoms with E-state index >= 15 is 0 Å². The Labute approximate surface area is 333 Å². The maximum atomic E-state index is 5.15. The number of benzene rings is 9. The molecular formula is C53H33N5. The van der Waals surface area contributed by atoms with E-state index in [1.807, 2.05) is 36.4 Å². The van der Waals surface area contributed by atoms with Gasteiger partial charge in [-0.1, -0.05) is 164 Å². The van der Waals surface area contributed by atoms with Crippen molar-refractivity contribution in [3.05, 3.63) is 200 Å². The van der Waals surface area contributed by atoms with Gasteiger partial charge in [-0.2, -0.15) is 0 Å². The molecule has 3 heterocycles. The Morgan fingerprint density at radius 1 is 0.293 bits per heavy atom. The Bertz CT molecular complexity index is 3490. The van der Waals surface area contributed by atoms with Crippen LogP contribution in [0.25, 0.3) is 111 Å². The van der Waals surface area contributed by atoms with Crippen LogP contribution in [0.5, 0.6) is 0 Å². The van der Waals surface area contributed by atoms with Gasteiger partial charge in [-0.15, -0.1) is 0 Å². The molecule has 5 heteroatoms. The first kappa shape index (κ1) is 32.4. The highest BCUT2D eigenvalue weighted by atomic mass is 15.1. The monoisotopic (exact) mass is 739 g/mol. The molecule has 0 spiro atoms. The fraction of sp³-hybridized carbons (Fsp3) is 0. The number of nitrogens with zero attached hydrogens (tertiary/aromatic N) is 5. The molecule has 0 bridgehead atoms. The predicted octanol–water partition coefficient (Wildman–Crippen LogP) is 13.4. The van der Waals surface area contributed by atoms with Gasteiger partial charge in [0.25, 0.3) is 0 Å². The lowest BCUT2D eigenvalue weighted by molar-refractivity contribution is 1.08. The lowest BCUT2D eigenvalue weighted by Gasteiger charge is -2.17. The van der Waals surface area contributed by atoms with Crippen LogP contribution >= 0.6 is 0 Å². The molecule has 0 radical (unpaired) electrons. The van der Waals surface area contributed by atoms with Crippen molar-refractivity contribution in [3.63, 3.8) is 0 Å². The van der Waals surface area contributed by atoms with Crippen molar-refractivity contribution in [2.24, 2.45) is 0 Å². The lowest BCUT2D eigenvalue weighted by Crippen LogP contribution is -2.02. The summed E-state index contributed by atoms with van der Waals surface area (Å²) in [4.78, 5) is 15.3. The maximum Gasteiger partial charge on any atom is 0.164 e. The molecule has 58 heavy (non-hydrogen) atoms. The van der Waals surface area contributed by atoms with Crippen LogP contribution in [0.3, 0.4) is 0 Å². The molecule has 0 amide bonds. The molecule has 0 fully saturated rings. The first-order valence-electron chi connectivity index (χ1n) is 19.6. The molecule has 3 aromatic heterocycles. The number of aromatic nitrogens is 5. The van der Waals surface area contributed by atoms with E-state index in [1.165, 1.54) is 48.9 Å². The van der Waals surface area contributed by atoms with E-state index in [9.17, 15) is 0 Å². The summed E-state index contributed by atoms with van der Waals surface area (Å²) in [5, 5.41) is 9.59. The topological polar surface area (TPSA) is 48.5 Å². The zero-order valence-electron chi connectivity index (χ0n) is 31.3. The summed E-state index contributed by atoms with van der Waals surface area (Å²) in [5.74, 6) is 1.92. The second-order valence-corrected chi connectivity index (χ2v) is 14.7. The van der Waals surface area contributed by atoms with Crippen molar-refractivity contribution in [1.29, 1.82) is 0 Å². The number of rotatable bonds is 5. The van der Waals surface area contributed by atoms with E-state index in [-0.39, 0.29) is 0 Å². The van der Waals surface area contributed by atoms with E-state index in [1.54, 1.807) is 0 Å². The van der Waals surface area contributed by atoms with Crippen molar-refractivity contribution in [2.75, 3.05) is 0 Å². The molecule has 12 aromatic rings. The molecule has 9 aromatic carbocycles. The molecule has 0 aliphatic heterocycles. The summed E-state index contributed by atoms with van der Waals surface area (Å²) in [6.45, 7) is 0. The van der Waals surface area contributed by atoms with Gasteiger partial charge in [0.1, 0.15) is 0 Å². The van der Waals surface area contributed by atoms with Gasteiger partial charge in [-0.05, 0) is 52.6 Å². The molecule has 5 nitrogen and oxygen atoms in total. The number of para-hydroxylation sites is 3. The minimum atomic E-state index is 0.635. The second kappa shape index (κ2) is 12.8.